The van der Waals surface area contributed by atoms with E-state index in [0.29, 0.717) is 13.1 Å². The molecule has 1 N–H and O–H groups in total. The molecule has 0 saturated carbocycles. The Morgan fingerprint density at radius 2 is 1.60 bits per heavy atom. The van der Waals surface area contributed by atoms with E-state index >= 15 is 0 Å². The topological polar surface area (TPSA) is 52.7 Å². The maximum atomic E-state index is 12.2. The molecule has 0 radical (unpaired) electrons. The second kappa shape index (κ2) is 8.87. The number of amides is 2. The summed E-state index contributed by atoms with van der Waals surface area (Å²) in [5.74, 6) is -0.135. The van der Waals surface area contributed by atoms with Crippen molar-refractivity contribution in [2.75, 3.05) is 30.9 Å². The summed E-state index contributed by atoms with van der Waals surface area (Å²) in [7, 11) is 3.94. The van der Waals surface area contributed by atoms with Gasteiger partial charge in [0.1, 0.15) is 0 Å². The molecule has 5 nitrogen and oxygen atoms in total. The van der Waals surface area contributed by atoms with E-state index in [-0.39, 0.29) is 18.2 Å². The summed E-state index contributed by atoms with van der Waals surface area (Å²) in [6.45, 7) is 2.44. The number of nitrogens with zero attached hydrogens (tertiary/aromatic N) is 2. The molecule has 0 atom stereocenters. The lowest BCUT2D eigenvalue weighted by Gasteiger charge is -2.21. The van der Waals surface area contributed by atoms with Crippen LogP contribution in [0.1, 0.15) is 18.9 Å². The number of benzene rings is 2. The average molecular weight is 339 g/mol. The zero-order valence-corrected chi connectivity index (χ0v) is 15.0. The first-order valence-corrected chi connectivity index (χ1v) is 8.32. The van der Waals surface area contributed by atoms with E-state index < -0.39 is 0 Å². The minimum absolute atomic E-state index is 0.0352. The van der Waals surface area contributed by atoms with Crippen LogP contribution >= 0.6 is 0 Å². The number of carbonyl (C=O) groups excluding carboxylic acids is 2. The molecule has 2 rings (SSSR count). The molecule has 0 aliphatic carbocycles. The summed E-state index contributed by atoms with van der Waals surface area (Å²) >= 11 is 0. The number of hydrogen-bond acceptors (Lipinski definition) is 3. The lowest BCUT2D eigenvalue weighted by atomic mass is 10.2. The van der Waals surface area contributed by atoms with E-state index in [1.165, 1.54) is 6.92 Å². The number of hydrogen-bond donors (Lipinski definition) is 1. The minimum atomic E-state index is -0.100. The molecule has 5 heteroatoms. The lowest BCUT2D eigenvalue weighted by molar-refractivity contribution is -0.129. The van der Waals surface area contributed by atoms with Gasteiger partial charge in [0, 0.05) is 51.9 Å². The van der Waals surface area contributed by atoms with Gasteiger partial charge >= 0.3 is 0 Å². The second-order valence-electron chi connectivity index (χ2n) is 6.17. The Kier molecular flexibility index (Phi) is 6.57. The number of carbonyl (C=O) groups is 2. The fourth-order valence-electron chi connectivity index (χ4n) is 2.45. The van der Waals surface area contributed by atoms with Gasteiger partial charge in [-0.3, -0.25) is 9.59 Å². The Labute approximate surface area is 149 Å². The highest BCUT2D eigenvalue weighted by Crippen LogP contribution is 2.16. The average Bonchev–Trinajstić information content (AvgIpc) is 2.59. The smallest absolute Gasteiger partial charge is 0.226 e. The van der Waals surface area contributed by atoms with E-state index in [1.54, 1.807) is 4.90 Å². The van der Waals surface area contributed by atoms with Gasteiger partial charge in [-0.2, -0.15) is 0 Å². The molecule has 25 heavy (non-hydrogen) atoms. The molecular weight excluding hydrogens is 314 g/mol. The molecule has 0 saturated heterocycles. The van der Waals surface area contributed by atoms with Crippen molar-refractivity contribution < 1.29 is 9.59 Å². The molecule has 132 valence electrons. The van der Waals surface area contributed by atoms with Crippen LogP contribution < -0.4 is 10.2 Å². The Balaban J connectivity index is 1.87. The van der Waals surface area contributed by atoms with Gasteiger partial charge in [0.15, 0.2) is 0 Å². The quantitative estimate of drug-likeness (QED) is 0.843. The van der Waals surface area contributed by atoms with Gasteiger partial charge in [0.25, 0.3) is 0 Å². The van der Waals surface area contributed by atoms with E-state index in [4.69, 9.17) is 0 Å². The zero-order chi connectivity index (χ0) is 18.2. The zero-order valence-electron chi connectivity index (χ0n) is 15.0. The summed E-state index contributed by atoms with van der Waals surface area (Å²) in [6, 6.07) is 17.4. The van der Waals surface area contributed by atoms with E-state index in [0.717, 1.165) is 16.9 Å². The van der Waals surface area contributed by atoms with Gasteiger partial charge in [-0.05, 0) is 29.8 Å². The van der Waals surface area contributed by atoms with Gasteiger partial charge < -0.3 is 15.1 Å². The first-order chi connectivity index (χ1) is 12.0. The fourth-order valence-corrected chi connectivity index (χ4v) is 2.45. The van der Waals surface area contributed by atoms with Crippen LogP contribution in [0.2, 0.25) is 0 Å². The monoisotopic (exact) mass is 339 g/mol. The second-order valence-corrected chi connectivity index (χ2v) is 6.17. The first-order valence-electron chi connectivity index (χ1n) is 8.32. The molecule has 0 fully saturated rings. The van der Waals surface area contributed by atoms with Gasteiger partial charge in [0.05, 0.1) is 0 Å². The van der Waals surface area contributed by atoms with E-state index in [2.05, 4.69) is 5.32 Å². The third-order valence-corrected chi connectivity index (χ3v) is 3.94. The highest BCUT2D eigenvalue weighted by atomic mass is 16.2. The maximum absolute atomic E-state index is 12.2. The number of anilines is 2. The first kappa shape index (κ1) is 18.5. The molecule has 2 amide bonds. The largest absolute Gasteiger partial charge is 0.378 e. The van der Waals surface area contributed by atoms with Crippen molar-refractivity contribution in [3.05, 3.63) is 60.2 Å². The van der Waals surface area contributed by atoms with Gasteiger partial charge in [-0.15, -0.1) is 0 Å². The van der Waals surface area contributed by atoms with Gasteiger partial charge in [-0.25, -0.2) is 0 Å². The van der Waals surface area contributed by atoms with Crippen LogP contribution in [0.4, 0.5) is 11.4 Å². The van der Waals surface area contributed by atoms with Crippen molar-refractivity contribution in [1.82, 2.24) is 4.90 Å². The number of nitrogens with one attached hydrogen (secondary N) is 1. The molecule has 0 bridgehead atoms. The van der Waals surface area contributed by atoms with Crippen LogP contribution in [0.3, 0.4) is 0 Å². The lowest BCUT2D eigenvalue weighted by Crippen LogP contribution is -2.31. The summed E-state index contributed by atoms with van der Waals surface area (Å²) in [5.41, 5.74) is 2.88. The third-order valence-electron chi connectivity index (χ3n) is 3.94. The molecule has 0 spiro atoms. The third kappa shape index (κ3) is 5.95. The Bertz CT molecular complexity index is 697. The molecule has 0 unspecified atom stereocenters. The summed E-state index contributed by atoms with van der Waals surface area (Å²) in [5, 5.41) is 2.87. The normalized spacial score (nSPS) is 10.2. The minimum Gasteiger partial charge on any atom is -0.378 e. The SMILES string of the molecule is CC(=O)N(CCC(=O)Nc1ccc(N(C)C)cc1)Cc1ccccc1. The summed E-state index contributed by atoms with van der Waals surface area (Å²) < 4.78 is 0. The molecule has 2 aromatic rings. The van der Waals surface area contributed by atoms with Crippen molar-refractivity contribution in [1.29, 1.82) is 0 Å². The van der Waals surface area contributed by atoms with Crippen molar-refractivity contribution in [3.8, 4) is 0 Å². The molecular formula is C20H25N3O2. The Morgan fingerprint density at radius 1 is 0.960 bits per heavy atom. The maximum Gasteiger partial charge on any atom is 0.226 e. The van der Waals surface area contributed by atoms with Crippen LogP contribution in [0.15, 0.2) is 54.6 Å². The molecule has 0 aliphatic rings. The molecule has 0 heterocycles. The van der Waals surface area contributed by atoms with Crippen molar-refractivity contribution >= 4 is 23.2 Å². The standard InChI is InChI=1S/C20H25N3O2/c1-16(24)23(15-17-7-5-4-6-8-17)14-13-20(25)21-18-9-11-19(12-10-18)22(2)3/h4-12H,13-15H2,1-3H3,(H,21,25). The predicted octanol–water partition coefficient (Wildman–Crippen LogP) is 3.13. The Morgan fingerprint density at radius 3 is 2.16 bits per heavy atom. The van der Waals surface area contributed by atoms with Crippen LogP contribution in [-0.4, -0.2) is 37.4 Å². The highest BCUT2D eigenvalue weighted by molar-refractivity contribution is 5.91. The molecule has 0 aromatic heterocycles. The van der Waals surface area contributed by atoms with Crippen LogP contribution in [0, 0.1) is 0 Å². The van der Waals surface area contributed by atoms with Crippen molar-refractivity contribution in [2.45, 2.75) is 19.9 Å². The number of rotatable bonds is 7. The fraction of sp³-hybridized carbons (Fsp3) is 0.300. The van der Waals surface area contributed by atoms with Crippen LogP contribution in [-0.2, 0) is 16.1 Å². The summed E-state index contributed by atoms with van der Waals surface area (Å²) in [4.78, 5) is 27.6. The highest BCUT2D eigenvalue weighted by Gasteiger charge is 2.12. The van der Waals surface area contributed by atoms with Crippen molar-refractivity contribution in [3.63, 3.8) is 0 Å². The molecule has 0 aliphatic heterocycles. The van der Waals surface area contributed by atoms with Crippen molar-refractivity contribution in [2.24, 2.45) is 0 Å². The van der Waals surface area contributed by atoms with E-state index in [1.807, 2.05) is 73.6 Å². The van der Waals surface area contributed by atoms with Crippen LogP contribution in [0.25, 0.3) is 0 Å². The van der Waals surface area contributed by atoms with Crippen LogP contribution in [0.5, 0.6) is 0 Å². The molecule has 2 aromatic carbocycles. The van der Waals surface area contributed by atoms with Gasteiger partial charge in [-0.1, -0.05) is 30.3 Å². The predicted molar refractivity (Wildman–Crippen MR) is 102 cm³/mol. The van der Waals surface area contributed by atoms with E-state index in [9.17, 15) is 9.59 Å². The summed E-state index contributed by atoms with van der Waals surface area (Å²) in [6.07, 6.45) is 0.266. The van der Waals surface area contributed by atoms with Gasteiger partial charge in [0.2, 0.25) is 11.8 Å². The Hall–Kier alpha value is -2.82.